The molecule has 0 aliphatic carbocycles. The van der Waals surface area contributed by atoms with Crippen LogP contribution in [-0.4, -0.2) is 28.5 Å². The Labute approximate surface area is 101 Å². The smallest absolute Gasteiger partial charge is 0.239 e. The number of carbonyl (C=O) groups is 1. The first kappa shape index (κ1) is 13.2. The summed E-state index contributed by atoms with van der Waals surface area (Å²) in [6, 6.07) is -0.456. The lowest BCUT2D eigenvalue weighted by atomic mass is 10.3. The molecule has 1 atom stereocenters. The molecule has 1 amide bonds. The number of anilines is 2. The van der Waals surface area contributed by atoms with E-state index in [0.717, 1.165) is 18.5 Å². The monoisotopic (exact) mass is 237 g/mol. The van der Waals surface area contributed by atoms with Crippen LogP contribution in [0.4, 0.5) is 11.8 Å². The summed E-state index contributed by atoms with van der Waals surface area (Å²) in [5.74, 6) is 0.771. The number of aromatic nitrogens is 2. The zero-order chi connectivity index (χ0) is 12.8. The maximum Gasteiger partial charge on any atom is 0.239 e. The molecule has 0 aromatic carbocycles. The van der Waals surface area contributed by atoms with Crippen molar-refractivity contribution < 1.29 is 4.79 Å². The van der Waals surface area contributed by atoms with E-state index in [1.54, 1.807) is 13.1 Å². The molecule has 4 N–H and O–H groups in total. The maximum absolute atomic E-state index is 11.0. The molecule has 17 heavy (non-hydrogen) atoms. The summed E-state index contributed by atoms with van der Waals surface area (Å²) >= 11 is 0. The fourth-order valence-corrected chi connectivity index (χ4v) is 1.19. The number of nitrogens with zero attached hydrogens (tertiary/aromatic N) is 2. The van der Waals surface area contributed by atoms with Crippen LogP contribution >= 0.6 is 0 Å². The highest BCUT2D eigenvalue weighted by Gasteiger charge is 2.11. The molecule has 0 aliphatic heterocycles. The summed E-state index contributed by atoms with van der Waals surface area (Å²) in [6.07, 6.45) is 2.71. The molecule has 0 bridgehead atoms. The van der Waals surface area contributed by atoms with Crippen molar-refractivity contribution in [2.75, 3.05) is 17.2 Å². The molecule has 6 nitrogen and oxygen atoms in total. The number of hydrogen-bond donors (Lipinski definition) is 3. The van der Waals surface area contributed by atoms with Crippen molar-refractivity contribution in [3.8, 4) is 0 Å². The Balaban J connectivity index is 2.79. The molecular weight excluding hydrogens is 218 g/mol. The van der Waals surface area contributed by atoms with Crippen LogP contribution in [0.25, 0.3) is 0 Å². The molecule has 0 saturated carbocycles. The third-order valence-corrected chi connectivity index (χ3v) is 2.28. The van der Waals surface area contributed by atoms with E-state index in [-0.39, 0.29) is 0 Å². The first-order valence-electron chi connectivity index (χ1n) is 5.68. The Morgan fingerprint density at radius 2 is 2.29 bits per heavy atom. The van der Waals surface area contributed by atoms with Gasteiger partial charge >= 0.3 is 0 Å². The van der Waals surface area contributed by atoms with Crippen LogP contribution in [0.3, 0.4) is 0 Å². The topological polar surface area (TPSA) is 92.9 Å². The number of hydrogen-bond acceptors (Lipinski definition) is 5. The Morgan fingerprint density at radius 3 is 2.88 bits per heavy atom. The molecule has 0 aliphatic rings. The zero-order valence-electron chi connectivity index (χ0n) is 10.4. The summed E-state index contributed by atoms with van der Waals surface area (Å²) in [6.45, 7) is 6.45. The molecule has 1 unspecified atom stereocenters. The molecule has 1 rings (SSSR count). The fraction of sp³-hybridized carbons (Fsp3) is 0.545. The number of aryl methyl sites for hydroxylation is 1. The van der Waals surface area contributed by atoms with Crippen LogP contribution in [-0.2, 0) is 4.79 Å². The van der Waals surface area contributed by atoms with Gasteiger partial charge in [0.2, 0.25) is 11.9 Å². The third kappa shape index (κ3) is 3.90. The van der Waals surface area contributed by atoms with E-state index in [4.69, 9.17) is 5.73 Å². The summed E-state index contributed by atoms with van der Waals surface area (Å²) in [5, 5.41) is 6.05. The van der Waals surface area contributed by atoms with E-state index in [1.165, 1.54) is 0 Å². The second kappa shape index (κ2) is 6.03. The van der Waals surface area contributed by atoms with E-state index < -0.39 is 11.9 Å². The minimum Gasteiger partial charge on any atom is -0.368 e. The van der Waals surface area contributed by atoms with E-state index in [9.17, 15) is 4.79 Å². The van der Waals surface area contributed by atoms with E-state index in [1.807, 2.05) is 6.92 Å². The van der Waals surface area contributed by atoms with E-state index >= 15 is 0 Å². The molecule has 0 fully saturated rings. The maximum atomic E-state index is 11.0. The van der Waals surface area contributed by atoms with Crippen LogP contribution in [0.5, 0.6) is 0 Å². The predicted octanol–water partition coefficient (Wildman–Crippen LogP) is 0.893. The van der Waals surface area contributed by atoms with Crippen LogP contribution in [0.1, 0.15) is 25.8 Å². The predicted molar refractivity (Wildman–Crippen MR) is 67.8 cm³/mol. The van der Waals surface area contributed by atoms with Crippen molar-refractivity contribution in [3.05, 3.63) is 11.8 Å². The average molecular weight is 237 g/mol. The number of rotatable bonds is 6. The lowest BCUT2D eigenvalue weighted by Gasteiger charge is -2.13. The lowest BCUT2D eigenvalue weighted by molar-refractivity contribution is -0.118. The number of carbonyl (C=O) groups excluding carboxylic acids is 1. The quantitative estimate of drug-likeness (QED) is 0.683. The molecule has 0 spiro atoms. The summed E-state index contributed by atoms with van der Waals surface area (Å²) < 4.78 is 0. The Morgan fingerprint density at radius 1 is 1.59 bits per heavy atom. The molecule has 1 heterocycles. The van der Waals surface area contributed by atoms with Crippen molar-refractivity contribution in [1.82, 2.24) is 9.97 Å². The van der Waals surface area contributed by atoms with Gasteiger partial charge in [-0.15, -0.1) is 0 Å². The molecular formula is C11H19N5O. The first-order chi connectivity index (χ1) is 8.04. The van der Waals surface area contributed by atoms with Crippen molar-refractivity contribution in [2.24, 2.45) is 5.73 Å². The van der Waals surface area contributed by atoms with E-state index in [0.29, 0.717) is 11.8 Å². The van der Waals surface area contributed by atoms with Gasteiger partial charge in [0.05, 0.1) is 0 Å². The van der Waals surface area contributed by atoms with Gasteiger partial charge in [-0.1, -0.05) is 6.92 Å². The summed E-state index contributed by atoms with van der Waals surface area (Å²) in [4.78, 5) is 19.4. The zero-order valence-corrected chi connectivity index (χ0v) is 10.4. The Hall–Kier alpha value is -1.85. The largest absolute Gasteiger partial charge is 0.368 e. The summed E-state index contributed by atoms with van der Waals surface area (Å²) in [7, 11) is 0. The summed E-state index contributed by atoms with van der Waals surface area (Å²) in [5.41, 5.74) is 6.07. The van der Waals surface area contributed by atoms with Gasteiger partial charge in [-0.2, -0.15) is 4.98 Å². The molecule has 94 valence electrons. The molecule has 0 saturated heterocycles. The fourth-order valence-electron chi connectivity index (χ4n) is 1.19. The molecule has 6 heteroatoms. The Bertz CT molecular complexity index is 393. The van der Waals surface area contributed by atoms with Crippen LogP contribution < -0.4 is 16.4 Å². The standard InChI is InChI=1S/C11H19N5O/c1-4-5-13-11-14-6-7(2)10(16-11)15-8(3)9(12)17/h6,8H,4-5H2,1-3H3,(H2,12,17)(H2,13,14,15,16). The third-order valence-electron chi connectivity index (χ3n) is 2.28. The van der Waals surface area contributed by atoms with Gasteiger partial charge in [-0.05, 0) is 20.3 Å². The highest BCUT2D eigenvalue weighted by molar-refractivity contribution is 5.82. The number of amides is 1. The lowest BCUT2D eigenvalue weighted by Crippen LogP contribution is -2.33. The highest BCUT2D eigenvalue weighted by atomic mass is 16.1. The second-order valence-corrected chi connectivity index (χ2v) is 3.92. The molecule has 1 aromatic heterocycles. The normalized spacial score (nSPS) is 11.9. The van der Waals surface area contributed by atoms with Gasteiger partial charge in [0.25, 0.3) is 0 Å². The Kier molecular flexibility index (Phi) is 4.68. The van der Waals surface area contributed by atoms with Crippen molar-refractivity contribution in [1.29, 1.82) is 0 Å². The van der Waals surface area contributed by atoms with Gasteiger partial charge < -0.3 is 16.4 Å². The van der Waals surface area contributed by atoms with Gasteiger partial charge in [0, 0.05) is 18.3 Å². The van der Waals surface area contributed by atoms with Gasteiger partial charge in [-0.25, -0.2) is 4.98 Å². The van der Waals surface area contributed by atoms with Crippen LogP contribution in [0.15, 0.2) is 6.20 Å². The van der Waals surface area contributed by atoms with E-state index in [2.05, 4.69) is 27.5 Å². The number of nitrogens with one attached hydrogen (secondary N) is 2. The van der Waals surface area contributed by atoms with Gasteiger partial charge in [-0.3, -0.25) is 4.79 Å². The molecule has 1 aromatic rings. The number of primary amides is 1. The van der Waals surface area contributed by atoms with Crippen molar-refractivity contribution >= 4 is 17.7 Å². The minimum atomic E-state index is -0.456. The van der Waals surface area contributed by atoms with Crippen molar-refractivity contribution in [2.45, 2.75) is 33.2 Å². The first-order valence-corrected chi connectivity index (χ1v) is 5.68. The SMILES string of the molecule is CCCNc1ncc(C)c(NC(C)C(N)=O)n1. The number of nitrogens with two attached hydrogens (primary N) is 1. The second-order valence-electron chi connectivity index (χ2n) is 3.92. The van der Waals surface area contributed by atoms with Gasteiger partial charge in [0.1, 0.15) is 11.9 Å². The van der Waals surface area contributed by atoms with Crippen molar-refractivity contribution in [3.63, 3.8) is 0 Å². The average Bonchev–Trinajstić information content (AvgIpc) is 2.29. The van der Waals surface area contributed by atoms with Crippen LogP contribution in [0, 0.1) is 6.92 Å². The minimum absolute atomic E-state index is 0.411. The van der Waals surface area contributed by atoms with Gasteiger partial charge in [0.15, 0.2) is 0 Å². The highest BCUT2D eigenvalue weighted by Crippen LogP contribution is 2.13. The molecule has 0 radical (unpaired) electrons. The van der Waals surface area contributed by atoms with Crippen LogP contribution in [0.2, 0.25) is 0 Å².